The van der Waals surface area contributed by atoms with Crippen LogP contribution in [-0.4, -0.2) is 31.4 Å². The zero-order valence-corrected chi connectivity index (χ0v) is 16.5. The smallest absolute Gasteiger partial charge is 0.236 e. The molecule has 0 bridgehead atoms. The predicted octanol–water partition coefficient (Wildman–Crippen LogP) is 4.12. The lowest BCUT2D eigenvalue weighted by Gasteiger charge is -2.09. The highest BCUT2D eigenvalue weighted by Gasteiger charge is 2.17. The Morgan fingerprint density at radius 1 is 1.35 bits per heavy atom. The summed E-state index contributed by atoms with van der Waals surface area (Å²) in [5, 5.41) is 12.4. The molecule has 3 heterocycles. The summed E-state index contributed by atoms with van der Waals surface area (Å²) in [5.41, 5.74) is 1.53. The molecule has 10 heteroatoms. The Bertz CT molecular complexity index is 970. The third kappa shape index (κ3) is 3.72. The zero-order chi connectivity index (χ0) is 18.8. The summed E-state index contributed by atoms with van der Waals surface area (Å²) >= 11 is 13.4. The molecule has 136 valence electrons. The van der Waals surface area contributed by atoms with Gasteiger partial charge in [0.25, 0.3) is 0 Å². The van der Waals surface area contributed by atoms with Crippen molar-refractivity contribution in [2.45, 2.75) is 19.0 Å². The van der Waals surface area contributed by atoms with Crippen molar-refractivity contribution in [1.29, 1.82) is 0 Å². The molecule has 0 saturated heterocycles. The van der Waals surface area contributed by atoms with Gasteiger partial charge in [0, 0.05) is 13.2 Å². The topological polar surface area (TPSA) is 85.8 Å². The normalized spacial score (nSPS) is 11.0. The van der Waals surface area contributed by atoms with Crippen LogP contribution in [-0.2, 0) is 11.8 Å². The van der Waals surface area contributed by atoms with Gasteiger partial charge in [0.05, 0.1) is 27.6 Å². The van der Waals surface area contributed by atoms with E-state index < -0.39 is 0 Å². The molecule has 0 radical (unpaired) electrons. The summed E-state index contributed by atoms with van der Waals surface area (Å²) in [6, 6.07) is 1.83. The third-order valence-corrected chi connectivity index (χ3v) is 5.59. The summed E-state index contributed by atoms with van der Waals surface area (Å²) in [5.74, 6) is 1.60. The number of aromatic nitrogens is 4. The largest absolute Gasteiger partial charge is 0.469 e. The maximum atomic E-state index is 12.2. The number of thioether (sulfide) groups is 1. The number of furan rings is 1. The van der Waals surface area contributed by atoms with Crippen molar-refractivity contribution in [2.24, 2.45) is 7.05 Å². The highest BCUT2D eigenvalue weighted by molar-refractivity contribution is 7.99. The first-order chi connectivity index (χ1) is 12.4. The van der Waals surface area contributed by atoms with Crippen LogP contribution in [0.25, 0.3) is 11.4 Å². The van der Waals surface area contributed by atoms with Gasteiger partial charge in [-0.2, -0.15) is 0 Å². The molecule has 0 saturated carbocycles. The Balaban J connectivity index is 1.67. The lowest BCUT2D eigenvalue weighted by molar-refractivity contribution is -0.113. The van der Waals surface area contributed by atoms with Crippen molar-refractivity contribution >= 4 is 46.7 Å². The molecule has 1 N–H and O–H groups in total. The molecule has 0 fully saturated rings. The second kappa shape index (κ2) is 7.69. The molecule has 0 aliphatic rings. The number of carbonyl (C=O) groups excluding carboxylic acids is 1. The number of anilines is 1. The fourth-order valence-electron chi connectivity index (χ4n) is 2.23. The van der Waals surface area contributed by atoms with Gasteiger partial charge < -0.3 is 14.3 Å². The van der Waals surface area contributed by atoms with Crippen molar-refractivity contribution in [2.75, 3.05) is 11.1 Å². The van der Waals surface area contributed by atoms with Gasteiger partial charge in [0.15, 0.2) is 16.8 Å². The molecule has 0 atom stereocenters. The first kappa shape index (κ1) is 18.8. The van der Waals surface area contributed by atoms with Gasteiger partial charge in [-0.3, -0.25) is 4.79 Å². The number of aryl methyl sites for hydroxylation is 1. The van der Waals surface area contributed by atoms with E-state index in [1.165, 1.54) is 18.0 Å². The molecule has 1 amide bonds. The van der Waals surface area contributed by atoms with Gasteiger partial charge in [-0.25, -0.2) is 4.98 Å². The number of nitrogens with zero attached hydrogens (tertiary/aromatic N) is 4. The van der Waals surface area contributed by atoms with Crippen LogP contribution < -0.4 is 5.32 Å². The first-order valence-corrected chi connectivity index (χ1v) is 9.29. The number of rotatable bonds is 5. The molecule has 3 aromatic rings. The lowest BCUT2D eigenvalue weighted by Crippen LogP contribution is -2.16. The van der Waals surface area contributed by atoms with E-state index >= 15 is 0 Å². The number of pyridine rings is 1. The van der Waals surface area contributed by atoms with Gasteiger partial charge in [0.2, 0.25) is 5.91 Å². The number of hydrogen-bond acceptors (Lipinski definition) is 6. The molecule has 0 aromatic carbocycles. The van der Waals surface area contributed by atoms with E-state index in [1.54, 1.807) is 13.2 Å². The van der Waals surface area contributed by atoms with Crippen LogP contribution in [0.1, 0.15) is 11.3 Å². The van der Waals surface area contributed by atoms with Gasteiger partial charge in [-0.1, -0.05) is 35.0 Å². The van der Waals surface area contributed by atoms with E-state index in [0.717, 1.165) is 11.3 Å². The van der Waals surface area contributed by atoms with Crippen molar-refractivity contribution in [1.82, 2.24) is 19.7 Å². The monoisotopic (exact) mass is 411 g/mol. The van der Waals surface area contributed by atoms with Crippen LogP contribution in [0.2, 0.25) is 10.0 Å². The zero-order valence-electron chi connectivity index (χ0n) is 14.2. The van der Waals surface area contributed by atoms with Crippen molar-refractivity contribution in [3.05, 3.63) is 39.9 Å². The van der Waals surface area contributed by atoms with E-state index in [0.29, 0.717) is 26.6 Å². The van der Waals surface area contributed by atoms with Gasteiger partial charge in [-0.05, 0) is 25.5 Å². The Labute approximate surface area is 164 Å². The average molecular weight is 412 g/mol. The molecule has 3 aromatic heterocycles. The maximum absolute atomic E-state index is 12.2. The quantitative estimate of drug-likeness (QED) is 0.635. The van der Waals surface area contributed by atoms with Crippen LogP contribution in [0.5, 0.6) is 0 Å². The van der Waals surface area contributed by atoms with E-state index in [1.807, 2.05) is 24.6 Å². The molecule has 3 rings (SSSR count). The minimum absolute atomic E-state index is 0.135. The number of carbonyl (C=O) groups is 1. The van der Waals surface area contributed by atoms with Crippen LogP contribution in [0.3, 0.4) is 0 Å². The summed E-state index contributed by atoms with van der Waals surface area (Å²) < 4.78 is 7.11. The van der Waals surface area contributed by atoms with E-state index in [-0.39, 0.29) is 17.5 Å². The summed E-state index contributed by atoms with van der Waals surface area (Å²) in [4.78, 5) is 16.2. The van der Waals surface area contributed by atoms with Crippen LogP contribution in [0.4, 0.5) is 5.82 Å². The van der Waals surface area contributed by atoms with Crippen LogP contribution in [0, 0.1) is 13.8 Å². The fourth-order valence-corrected chi connectivity index (χ4v) is 3.34. The average Bonchev–Trinajstić information content (AvgIpc) is 3.19. The molecule has 7 nitrogen and oxygen atoms in total. The van der Waals surface area contributed by atoms with E-state index in [2.05, 4.69) is 20.5 Å². The molecule has 0 aliphatic heterocycles. The Morgan fingerprint density at radius 3 is 2.81 bits per heavy atom. The Kier molecular flexibility index (Phi) is 5.55. The van der Waals surface area contributed by atoms with E-state index in [9.17, 15) is 4.79 Å². The van der Waals surface area contributed by atoms with Gasteiger partial charge in [-0.15, -0.1) is 10.2 Å². The number of nitrogens with one attached hydrogen (secondary N) is 1. The SMILES string of the molecule is Cc1occc1-c1nnc(SCC(=O)Nc2ncc(Cl)c(C)c2Cl)n1C. The molecule has 0 aliphatic carbocycles. The predicted molar refractivity (Wildman–Crippen MR) is 102 cm³/mol. The summed E-state index contributed by atoms with van der Waals surface area (Å²) in [6.07, 6.45) is 3.05. The number of hydrogen-bond donors (Lipinski definition) is 1. The van der Waals surface area contributed by atoms with Crippen molar-refractivity contribution < 1.29 is 9.21 Å². The minimum atomic E-state index is -0.254. The number of amides is 1. The minimum Gasteiger partial charge on any atom is -0.469 e. The molecular formula is C16H15Cl2N5O2S. The molecule has 26 heavy (non-hydrogen) atoms. The third-order valence-electron chi connectivity index (χ3n) is 3.73. The highest BCUT2D eigenvalue weighted by atomic mass is 35.5. The maximum Gasteiger partial charge on any atom is 0.236 e. The van der Waals surface area contributed by atoms with Gasteiger partial charge >= 0.3 is 0 Å². The molecule has 0 spiro atoms. The second-order valence-electron chi connectivity index (χ2n) is 5.49. The number of halogens is 2. The van der Waals surface area contributed by atoms with Gasteiger partial charge in [0.1, 0.15) is 5.76 Å². The molecule has 0 unspecified atom stereocenters. The van der Waals surface area contributed by atoms with Crippen molar-refractivity contribution in [3.63, 3.8) is 0 Å². The van der Waals surface area contributed by atoms with E-state index in [4.69, 9.17) is 27.6 Å². The summed E-state index contributed by atoms with van der Waals surface area (Å²) in [7, 11) is 1.84. The standard InChI is InChI=1S/C16H15Cl2N5O2S/c1-8-11(17)6-19-14(13(8)18)20-12(24)7-26-16-22-21-15(23(16)3)10-4-5-25-9(10)2/h4-6H,7H2,1-3H3,(H,19,20,24). The van der Waals surface area contributed by atoms with Crippen molar-refractivity contribution in [3.8, 4) is 11.4 Å². The first-order valence-electron chi connectivity index (χ1n) is 7.55. The Morgan fingerprint density at radius 2 is 2.12 bits per heavy atom. The Hall–Kier alpha value is -2.03. The van der Waals surface area contributed by atoms with Crippen LogP contribution >= 0.6 is 35.0 Å². The van der Waals surface area contributed by atoms with Crippen LogP contribution in [0.15, 0.2) is 28.1 Å². The lowest BCUT2D eigenvalue weighted by atomic mass is 10.2. The summed E-state index contributed by atoms with van der Waals surface area (Å²) in [6.45, 7) is 3.62. The highest BCUT2D eigenvalue weighted by Crippen LogP contribution is 2.29. The second-order valence-corrected chi connectivity index (χ2v) is 7.21. The molecular weight excluding hydrogens is 397 g/mol. The fraction of sp³-hybridized carbons (Fsp3) is 0.250.